The number of halogens is 3. The molecule has 0 radical (unpaired) electrons. The van der Waals surface area contributed by atoms with Crippen LogP contribution in [0.2, 0.25) is 0 Å². The SMILES string of the molecule is O=C(NC1CCC(O)CC1)c1cc(C(F)(F)F)[nH]n1. The highest BCUT2D eigenvalue weighted by molar-refractivity contribution is 5.92. The predicted molar refractivity (Wildman–Crippen MR) is 59.3 cm³/mol. The number of aliphatic hydroxyl groups is 1. The third-order valence-electron chi connectivity index (χ3n) is 3.15. The second-order valence-electron chi connectivity index (χ2n) is 4.64. The van der Waals surface area contributed by atoms with Gasteiger partial charge in [-0.15, -0.1) is 0 Å². The zero-order valence-corrected chi connectivity index (χ0v) is 10.00. The van der Waals surface area contributed by atoms with Crippen LogP contribution >= 0.6 is 0 Å². The summed E-state index contributed by atoms with van der Waals surface area (Å²) in [6.07, 6.45) is -2.50. The summed E-state index contributed by atoms with van der Waals surface area (Å²) in [4.78, 5) is 11.7. The van der Waals surface area contributed by atoms with Gasteiger partial charge in [0.2, 0.25) is 0 Å². The van der Waals surface area contributed by atoms with Crippen molar-refractivity contribution in [2.45, 2.75) is 44.0 Å². The lowest BCUT2D eigenvalue weighted by molar-refractivity contribution is -0.141. The topological polar surface area (TPSA) is 78.0 Å². The van der Waals surface area contributed by atoms with Crippen LogP contribution in [-0.2, 0) is 6.18 Å². The molecule has 5 nitrogen and oxygen atoms in total. The van der Waals surface area contributed by atoms with Crippen LogP contribution in [0.3, 0.4) is 0 Å². The Morgan fingerprint density at radius 2 is 2.00 bits per heavy atom. The highest BCUT2D eigenvalue weighted by Crippen LogP contribution is 2.27. The first-order valence-corrected chi connectivity index (χ1v) is 5.98. The zero-order valence-electron chi connectivity index (χ0n) is 10.00. The summed E-state index contributed by atoms with van der Waals surface area (Å²) in [5.74, 6) is -0.631. The van der Waals surface area contributed by atoms with Crippen molar-refractivity contribution in [3.05, 3.63) is 17.5 Å². The van der Waals surface area contributed by atoms with E-state index in [0.717, 1.165) is 0 Å². The van der Waals surface area contributed by atoms with Crippen molar-refractivity contribution in [1.82, 2.24) is 15.5 Å². The number of hydrogen-bond donors (Lipinski definition) is 3. The van der Waals surface area contributed by atoms with Crippen molar-refractivity contribution in [2.24, 2.45) is 0 Å². The number of aromatic amines is 1. The molecule has 1 aliphatic rings. The number of aromatic nitrogens is 2. The van der Waals surface area contributed by atoms with E-state index in [9.17, 15) is 23.1 Å². The number of aliphatic hydroxyl groups excluding tert-OH is 1. The molecular formula is C11H14F3N3O2. The highest BCUT2D eigenvalue weighted by atomic mass is 19.4. The Kier molecular flexibility index (Phi) is 3.79. The van der Waals surface area contributed by atoms with E-state index in [0.29, 0.717) is 31.7 Å². The molecule has 1 aliphatic carbocycles. The number of alkyl halides is 3. The number of carbonyl (C=O) groups is 1. The maximum absolute atomic E-state index is 12.3. The van der Waals surface area contributed by atoms with Crippen molar-refractivity contribution < 1.29 is 23.1 Å². The Bertz CT molecular complexity index is 450. The van der Waals surface area contributed by atoms with E-state index in [1.54, 1.807) is 5.10 Å². The molecule has 1 aromatic heterocycles. The largest absolute Gasteiger partial charge is 0.432 e. The summed E-state index contributed by atoms with van der Waals surface area (Å²) in [5.41, 5.74) is -1.32. The average molecular weight is 277 g/mol. The van der Waals surface area contributed by atoms with Crippen LogP contribution < -0.4 is 5.32 Å². The van der Waals surface area contributed by atoms with Crippen LogP contribution in [0.25, 0.3) is 0 Å². The maximum Gasteiger partial charge on any atom is 0.432 e. The van der Waals surface area contributed by atoms with E-state index in [1.807, 2.05) is 0 Å². The molecule has 2 rings (SSSR count). The van der Waals surface area contributed by atoms with Crippen molar-refractivity contribution >= 4 is 5.91 Å². The first-order valence-electron chi connectivity index (χ1n) is 5.98. The Labute approximate surface area is 107 Å². The number of nitrogens with zero attached hydrogens (tertiary/aromatic N) is 1. The molecule has 0 atom stereocenters. The summed E-state index contributed by atoms with van der Waals surface area (Å²) in [5, 5.41) is 17.1. The molecule has 0 bridgehead atoms. The molecule has 0 aliphatic heterocycles. The van der Waals surface area contributed by atoms with Crippen molar-refractivity contribution in [3.63, 3.8) is 0 Å². The number of nitrogens with one attached hydrogen (secondary N) is 2. The third-order valence-corrected chi connectivity index (χ3v) is 3.15. The smallest absolute Gasteiger partial charge is 0.393 e. The summed E-state index contributed by atoms with van der Waals surface area (Å²) < 4.78 is 37.0. The molecule has 1 heterocycles. The van der Waals surface area contributed by atoms with Gasteiger partial charge in [0.05, 0.1) is 6.10 Å². The normalized spacial score (nSPS) is 24.2. The minimum Gasteiger partial charge on any atom is -0.393 e. The Balaban J connectivity index is 1.95. The number of H-pyrrole nitrogens is 1. The van der Waals surface area contributed by atoms with Gasteiger partial charge in [-0.1, -0.05) is 0 Å². The summed E-state index contributed by atoms with van der Waals surface area (Å²) in [6.45, 7) is 0. The molecule has 19 heavy (non-hydrogen) atoms. The Hall–Kier alpha value is -1.57. The predicted octanol–water partition coefficient (Wildman–Crippen LogP) is 1.46. The molecular weight excluding hydrogens is 263 g/mol. The zero-order chi connectivity index (χ0) is 14.0. The minimum absolute atomic E-state index is 0.123. The number of amides is 1. The van der Waals surface area contributed by atoms with Crippen LogP contribution in [0.5, 0.6) is 0 Å². The van der Waals surface area contributed by atoms with Gasteiger partial charge >= 0.3 is 6.18 Å². The minimum atomic E-state index is -4.54. The molecule has 0 spiro atoms. The number of carbonyl (C=O) groups excluding carboxylic acids is 1. The second kappa shape index (κ2) is 5.20. The van der Waals surface area contributed by atoms with E-state index in [-0.39, 0.29) is 17.8 Å². The molecule has 0 aromatic carbocycles. The fourth-order valence-electron chi connectivity index (χ4n) is 2.06. The fraction of sp³-hybridized carbons (Fsp3) is 0.636. The van der Waals surface area contributed by atoms with Gasteiger partial charge in [-0.3, -0.25) is 9.89 Å². The van der Waals surface area contributed by atoms with E-state index >= 15 is 0 Å². The summed E-state index contributed by atoms with van der Waals surface area (Å²) in [6, 6.07) is 0.564. The van der Waals surface area contributed by atoms with E-state index < -0.39 is 17.8 Å². The molecule has 0 unspecified atom stereocenters. The molecule has 106 valence electrons. The summed E-state index contributed by atoms with van der Waals surface area (Å²) >= 11 is 0. The van der Waals surface area contributed by atoms with E-state index in [1.165, 1.54) is 0 Å². The van der Waals surface area contributed by atoms with Gasteiger partial charge in [-0.05, 0) is 25.7 Å². The Morgan fingerprint density at radius 1 is 1.37 bits per heavy atom. The molecule has 3 N–H and O–H groups in total. The molecule has 1 fully saturated rings. The van der Waals surface area contributed by atoms with E-state index in [2.05, 4.69) is 10.4 Å². The van der Waals surface area contributed by atoms with Crippen LogP contribution in [0.15, 0.2) is 6.07 Å². The lowest BCUT2D eigenvalue weighted by atomic mass is 9.93. The lowest BCUT2D eigenvalue weighted by Gasteiger charge is -2.25. The summed E-state index contributed by atoms with van der Waals surface area (Å²) in [7, 11) is 0. The molecule has 1 amide bonds. The molecule has 1 saturated carbocycles. The molecule has 1 aromatic rings. The first-order chi connectivity index (χ1) is 8.86. The third kappa shape index (κ3) is 3.46. The van der Waals surface area contributed by atoms with Gasteiger partial charge in [-0.2, -0.15) is 18.3 Å². The van der Waals surface area contributed by atoms with Crippen LogP contribution in [-0.4, -0.2) is 33.4 Å². The number of rotatable bonds is 2. The van der Waals surface area contributed by atoms with E-state index in [4.69, 9.17) is 0 Å². The van der Waals surface area contributed by atoms with Crippen molar-refractivity contribution in [3.8, 4) is 0 Å². The fourth-order valence-corrected chi connectivity index (χ4v) is 2.06. The van der Waals surface area contributed by atoms with Crippen LogP contribution in [0.4, 0.5) is 13.2 Å². The van der Waals surface area contributed by atoms with Gasteiger partial charge in [0.1, 0.15) is 5.69 Å². The van der Waals surface area contributed by atoms with Crippen LogP contribution in [0.1, 0.15) is 41.9 Å². The number of hydrogen-bond acceptors (Lipinski definition) is 3. The Morgan fingerprint density at radius 3 is 2.53 bits per heavy atom. The van der Waals surface area contributed by atoms with Gasteiger partial charge in [-0.25, -0.2) is 0 Å². The van der Waals surface area contributed by atoms with Crippen LogP contribution in [0, 0.1) is 0 Å². The standard InChI is InChI=1S/C11H14F3N3O2/c12-11(13,14)9-5-8(16-17-9)10(19)15-6-1-3-7(18)4-2-6/h5-7,18H,1-4H2,(H,15,19)(H,16,17). The first kappa shape index (κ1) is 13.9. The quantitative estimate of drug-likeness (QED) is 0.766. The second-order valence-corrected chi connectivity index (χ2v) is 4.64. The maximum atomic E-state index is 12.3. The van der Waals surface area contributed by atoms with Gasteiger partial charge in [0.15, 0.2) is 5.69 Å². The molecule has 8 heteroatoms. The highest BCUT2D eigenvalue weighted by Gasteiger charge is 2.34. The van der Waals surface area contributed by atoms with Crippen molar-refractivity contribution in [2.75, 3.05) is 0 Å². The van der Waals surface area contributed by atoms with Gasteiger partial charge in [0.25, 0.3) is 5.91 Å². The monoisotopic (exact) mass is 277 g/mol. The van der Waals surface area contributed by atoms with Crippen molar-refractivity contribution in [1.29, 1.82) is 0 Å². The average Bonchev–Trinajstić information content (AvgIpc) is 2.81. The lowest BCUT2D eigenvalue weighted by Crippen LogP contribution is -2.38. The molecule has 0 saturated heterocycles. The van der Waals surface area contributed by atoms with Gasteiger partial charge < -0.3 is 10.4 Å². The van der Waals surface area contributed by atoms with Gasteiger partial charge in [0, 0.05) is 12.1 Å².